The molecule has 2 aromatic rings. The molecule has 1 aliphatic heterocycles. The molecular formula is C20H22Cl2N2O4S. The van der Waals surface area contributed by atoms with E-state index in [0.29, 0.717) is 5.75 Å². The summed E-state index contributed by atoms with van der Waals surface area (Å²) in [7, 11) is -3.79. The number of ether oxygens (including phenoxy) is 1. The highest BCUT2D eigenvalue weighted by Crippen LogP contribution is 2.31. The standard InChI is InChI=1S/C20H22Cl2N2O4S/c1-14-6-8-16(9-7-14)28-15(2)20(25)23-10-12-24(13-11-23)29(26,27)18-5-3-4-17(21)19(18)22/h3-9,15H,10-13H2,1-2H3. The van der Waals surface area contributed by atoms with Crippen molar-refractivity contribution in [1.29, 1.82) is 0 Å². The van der Waals surface area contributed by atoms with Crippen molar-refractivity contribution in [2.24, 2.45) is 0 Å². The second-order valence-corrected chi connectivity index (χ2v) is 9.55. The lowest BCUT2D eigenvalue weighted by atomic mass is 10.2. The van der Waals surface area contributed by atoms with Gasteiger partial charge in [-0.15, -0.1) is 0 Å². The molecule has 1 amide bonds. The minimum Gasteiger partial charge on any atom is -0.481 e. The van der Waals surface area contributed by atoms with Crippen LogP contribution in [0.1, 0.15) is 12.5 Å². The van der Waals surface area contributed by atoms with Gasteiger partial charge >= 0.3 is 0 Å². The molecule has 6 nitrogen and oxygen atoms in total. The van der Waals surface area contributed by atoms with E-state index in [4.69, 9.17) is 27.9 Å². The number of nitrogens with zero attached hydrogens (tertiary/aromatic N) is 2. The number of hydrogen-bond donors (Lipinski definition) is 0. The molecule has 9 heteroatoms. The van der Waals surface area contributed by atoms with Crippen molar-refractivity contribution in [3.05, 3.63) is 58.1 Å². The largest absolute Gasteiger partial charge is 0.481 e. The zero-order chi connectivity index (χ0) is 21.2. The van der Waals surface area contributed by atoms with Crippen molar-refractivity contribution < 1.29 is 17.9 Å². The summed E-state index contributed by atoms with van der Waals surface area (Å²) < 4.78 is 32.8. The molecule has 0 aliphatic carbocycles. The van der Waals surface area contributed by atoms with E-state index < -0.39 is 16.1 Å². The molecule has 1 atom stereocenters. The molecule has 0 N–H and O–H groups in total. The van der Waals surface area contributed by atoms with Crippen LogP contribution in [0.3, 0.4) is 0 Å². The van der Waals surface area contributed by atoms with Crippen LogP contribution in [0, 0.1) is 6.92 Å². The van der Waals surface area contributed by atoms with Gasteiger partial charge in [0.25, 0.3) is 5.91 Å². The van der Waals surface area contributed by atoms with Crippen LogP contribution in [0.25, 0.3) is 0 Å². The molecule has 0 bridgehead atoms. The van der Waals surface area contributed by atoms with E-state index in [-0.39, 0.29) is 47.0 Å². The average molecular weight is 457 g/mol. The fraction of sp³-hybridized carbons (Fsp3) is 0.350. The number of piperazine rings is 1. The van der Waals surface area contributed by atoms with Gasteiger partial charge < -0.3 is 9.64 Å². The Hall–Kier alpha value is -1.80. The second-order valence-electron chi connectivity index (χ2n) is 6.85. The van der Waals surface area contributed by atoms with E-state index >= 15 is 0 Å². The normalized spacial score (nSPS) is 16.5. The van der Waals surface area contributed by atoms with Gasteiger partial charge in [-0.25, -0.2) is 8.42 Å². The van der Waals surface area contributed by atoms with E-state index in [1.54, 1.807) is 17.9 Å². The number of halogens is 2. The first-order valence-corrected chi connectivity index (χ1v) is 11.4. The summed E-state index contributed by atoms with van der Waals surface area (Å²) in [6, 6.07) is 12.0. The van der Waals surface area contributed by atoms with Gasteiger partial charge in [0.15, 0.2) is 6.10 Å². The third-order valence-corrected chi connectivity index (χ3v) is 7.64. The van der Waals surface area contributed by atoms with Crippen molar-refractivity contribution in [2.45, 2.75) is 24.8 Å². The lowest BCUT2D eigenvalue weighted by Crippen LogP contribution is -2.53. The van der Waals surface area contributed by atoms with Crippen molar-refractivity contribution in [1.82, 2.24) is 9.21 Å². The maximum Gasteiger partial charge on any atom is 0.263 e. The van der Waals surface area contributed by atoms with Gasteiger partial charge in [0.05, 0.1) is 10.0 Å². The summed E-state index contributed by atoms with van der Waals surface area (Å²) in [5, 5.41) is 0.191. The predicted octanol–water partition coefficient (Wildman–Crippen LogP) is 3.60. The van der Waals surface area contributed by atoms with Crippen LogP contribution in [-0.4, -0.2) is 55.8 Å². The maximum atomic E-state index is 12.9. The summed E-state index contributed by atoms with van der Waals surface area (Å²) in [4.78, 5) is 14.3. The number of amides is 1. The highest BCUT2D eigenvalue weighted by Gasteiger charge is 2.33. The highest BCUT2D eigenvalue weighted by molar-refractivity contribution is 7.89. The van der Waals surface area contributed by atoms with E-state index in [1.165, 1.54) is 16.4 Å². The Morgan fingerprint density at radius 2 is 1.66 bits per heavy atom. The lowest BCUT2D eigenvalue weighted by molar-refractivity contribution is -0.139. The van der Waals surface area contributed by atoms with Gasteiger partial charge in [-0.3, -0.25) is 4.79 Å². The van der Waals surface area contributed by atoms with Crippen LogP contribution in [0.5, 0.6) is 5.75 Å². The Morgan fingerprint density at radius 3 is 2.28 bits per heavy atom. The number of benzene rings is 2. The SMILES string of the molecule is Cc1ccc(OC(C)C(=O)N2CCN(S(=O)(=O)c3cccc(Cl)c3Cl)CC2)cc1. The molecule has 1 heterocycles. The zero-order valence-corrected chi connectivity index (χ0v) is 18.5. The summed E-state index contributed by atoms with van der Waals surface area (Å²) in [5.74, 6) is 0.441. The van der Waals surface area contributed by atoms with Crippen LogP contribution in [0.15, 0.2) is 47.4 Å². The minimum absolute atomic E-state index is 0.00722. The molecule has 29 heavy (non-hydrogen) atoms. The van der Waals surface area contributed by atoms with Crippen LogP contribution in [0.2, 0.25) is 10.0 Å². The van der Waals surface area contributed by atoms with Crippen molar-refractivity contribution in [2.75, 3.05) is 26.2 Å². The van der Waals surface area contributed by atoms with Crippen molar-refractivity contribution >= 4 is 39.1 Å². The molecule has 156 valence electrons. The van der Waals surface area contributed by atoms with Gasteiger partial charge in [-0.2, -0.15) is 4.31 Å². The van der Waals surface area contributed by atoms with Gasteiger partial charge in [-0.1, -0.05) is 47.0 Å². The molecule has 0 radical (unpaired) electrons. The van der Waals surface area contributed by atoms with E-state index in [2.05, 4.69) is 0 Å². The van der Waals surface area contributed by atoms with Crippen molar-refractivity contribution in [3.8, 4) is 5.75 Å². The zero-order valence-electron chi connectivity index (χ0n) is 16.1. The van der Waals surface area contributed by atoms with E-state index in [1.807, 2.05) is 31.2 Å². The van der Waals surface area contributed by atoms with Crippen LogP contribution >= 0.6 is 23.2 Å². The first kappa shape index (κ1) is 21.9. The topological polar surface area (TPSA) is 66.9 Å². The Kier molecular flexibility index (Phi) is 6.73. The Labute approximate surface area is 181 Å². The summed E-state index contributed by atoms with van der Waals surface area (Å²) >= 11 is 12.0. The lowest BCUT2D eigenvalue weighted by Gasteiger charge is -2.35. The van der Waals surface area contributed by atoms with Crippen LogP contribution in [0.4, 0.5) is 0 Å². The third-order valence-electron chi connectivity index (χ3n) is 4.77. The Bertz CT molecular complexity index is 988. The highest BCUT2D eigenvalue weighted by atomic mass is 35.5. The molecular weight excluding hydrogens is 435 g/mol. The Balaban J connectivity index is 1.62. The van der Waals surface area contributed by atoms with E-state index in [9.17, 15) is 13.2 Å². The Morgan fingerprint density at radius 1 is 1.03 bits per heavy atom. The minimum atomic E-state index is -3.79. The number of carbonyl (C=O) groups is 1. The first-order chi connectivity index (χ1) is 13.7. The van der Waals surface area contributed by atoms with E-state index in [0.717, 1.165) is 5.56 Å². The molecule has 0 saturated carbocycles. The number of aryl methyl sites for hydroxylation is 1. The molecule has 0 aromatic heterocycles. The monoisotopic (exact) mass is 456 g/mol. The van der Waals surface area contributed by atoms with Crippen LogP contribution in [-0.2, 0) is 14.8 Å². The fourth-order valence-electron chi connectivity index (χ4n) is 3.10. The number of sulfonamides is 1. The summed E-state index contributed by atoms with van der Waals surface area (Å²) in [6.07, 6.45) is -0.664. The first-order valence-electron chi connectivity index (χ1n) is 9.16. The molecule has 2 aromatic carbocycles. The van der Waals surface area contributed by atoms with Gasteiger partial charge in [0.2, 0.25) is 10.0 Å². The number of hydrogen-bond acceptors (Lipinski definition) is 4. The fourth-order valence-corrected chi connectivity index (χ4v) is 5.26. The van der Waals surface area contributed by atoms with Gasteiger partial charge in [0.1, 0.15) is 10.6 Å². The molecule has 1 unspecified atom stereocenters. The smallest absolute Gasteiger partial charge is 0.263 e. The number of carbonyl (C=O) groups excluding carboxylic acids is 1. The maximum absolute atomic E-state index is 12.9. The van der Waals surface area contributed by atoms with Gasteiger partial charge in [0, 0.05) is 26.2 Å². The molecule has 1 saturated heterocycles. The average Bonchev–Trinajstić information content (AvgIpc) is 2.71. The quantitative estimate of drug-likeness (QED) is 0.688. The molecule has 3 rings (SSSR count). The predicted molar refractivity (Wildman–Crippen MR) is 113 cm³/mol. The molecule has 0 spiro atoms. The van der Waals surface area contributed by atoms with Crippen molar-refractivity contribution in [3.63, 3.8) is 0 Å². The molecule has 1 fully saturated rings. The summed E-state index contributed by atoms with van der Waals surface area (Å²) in [5.41, 5.74) is 1.11. The second kappa shape index (κ2) is 8.92. The number of rotatable bonds is 5. The van der Waals surface area contributed by atoms with Gasteiger partial charge in [-0.05, 0) is 38.1 Å². The van der Waals surface area contributed by atoms with Crippen LogP contribution < -0.4 is 4.74 Å². The third kappa shape index (κ3) is 4.86. The molecule has 1 aliphatic rings. The summed E-state index contributed by atoms with van der Waals surface area (Å²) in [6.45, 7) is 4.57.